The number of thioether (sulfide) groups is 1. The fourth-order valence-electron chi connectivity index (χ4n) is 4.60. The van der Waals surface area contributed by atoms with E-state index >= 15 is 0 Å². The average Bonchev–Trinajstić information content (AvgIpc) is 3.47. The van der Waals surface area contributed by atoms with Crippen molar-refractivity contribution in [3.63, 3.8) is 0 Å². The van der Waals surface area contributed by atoms with Crippen molar-refractivity contribution in [3.05, 3.63) is 101 Å². The molecule has 214 valence electrons. The van der Waals surface area contributed by atoms with Crippen molar-refractivity contribution in [2.24, 2.45) is 0 Å². The van der Waals surface area contributed by atoms with Crippen LogP contribution < -0.4 is 15.4 Å². The molecule has 9 nitrogen and oxygen atoms in total. The van der Waals surface area contributed by atoms with Crippen LogP contribution in [0.2, 0.25) is 0 Å². The summed E-state index contributed by atoms with van der Waals surface area (Å²) in [6, 6.07) is 21.7. The van der Waals surface area contributed by atoms with Gasteiger partial charge in [0.05, 0.1) is 11.9 Å². The Morgan fingerprint density at radius 3 is 2.29 bits per heavy atom. The van der Waals surface area contributed by atoms with Crippen LogP contribution in [0.3, 0.4) is 0 Å². The van der Waals surface area contributed by atoms with Gasteiger partial charge in [0.15, 0.2) is 6.10 Å². The minimum absolute atomic E-state index is 0.175. The van der Waals surface area contributed by atoms with Crippen molar-refractivity contribution in [2.45, 2.75) is 45.0 Å². The van der Waals surface area contributed by atoms with Crippen molar-refractivity contribution in [1.82, 2.24) is 15.5 Å². The number of nitrogens with zero attached hydrogens (tertiary/aromatic N) is 1. The number of esters is 1. The van der Waals surface area contributed by atoms with Gasteiger partial charge in [0.1, 0.15) is 11.8 Å². The van der Waals surface area contributed by atoms with Gasteiger partial charge >= 0.3 is 5.97 Å². The van der Waals surface area contributed by atoms with E-state index in [2.05, 4.69) is 10.6 Å². The van der Waals surface area contributed by atoms with E-state index in [1.807, 2.05) is 60.7 Å². The quantitative estimate of drug-likeness (QED) is 0.251. The fraction of sp³-hybridized carbons (Fsp3) is 0.290. The lowest BCUT2D eigenvalue weighted by Gasteiger charge is -2.30. The summed E-state index contributed by atoms with van der Waals surface area (Å²) in [4.78, 5) is 52.9. The summed E-state index contributed by atoms with van der Waals surface area (Å²) in [5, 5.41) is 17.0. The maximum atomic E-state index is 13.6. The molecule has 0 spiro atoms. The lowest BCUT2D eigenvalue weighted by Crippen LogP contribution is -2.56. The first kappa shape index (κ1) is 29.8. The summed E-state index contributed by atoms with van der Waals surface area (Å²) >= 11 is 1.43. The van der Waals surface area contributed by atoms with Crippen molar-refractivity contribution in [1.29, 1.82) is 0 Å². The van der Waals surface area contributed by atoms with Crippen molar-refractivity contribution < 1.29 is 29.0 Å². The van der Waals surface area contributed by atoms with Crippen molar-refractivity contribution in [3.8, 4) is 5.75 Å². The number of amides is 3. The minimum Gasteiger partial charge on any atom is -0.426 e. The molecule has 0 radical (unpaired) electrons. The van der Waals surface area contributed by atoms with Crippen LogP contribution in [0.15, 0.2) is 78.9 Å². The second-order valence-corrected chi connectivity index (χ2v) is 10.8. The average molecular weight is 576 g/mol. The first-order chi connectivity index (χ1) is 19.7. The van der Waals surface area contributed by atoms with E-state index in [9.17, 15) is 24.3 Å². The Hall–Kier alpha value is -4.15. The molecule has 1 saturated heterocycles. The standard InChI is InChI=1S/C31H33N3O6S/c1-20-24(14-9-15-27(20)40-21(2)35)29(37)33-25(16-22-10-5-3-6-11-22)28(36)31(39)34-19-41-18-26(34)30(38)32-17-23-12-7-4-8-13-23/h3-15,25-26,28,36H,16-19H2,1-2H3,(H,32,38)(H,33,37)/t25-,26-,28-/m0/s1. The van der Waals surface area contributed by atoms with Crippen LogP contribution in [0.1, 0.15) is 34.0 Å². The molecule has 3 amide bonds. The zero-order valence-electron chi connectivity index (χ0n) is 22.9. The number of ether oxygens (including phenoxy) is 1. The number of aliphatic hydroxyl groups excluding tert-OH is 1. The van der Waals surface area contributed by atoms with Gasteiger partial charge in [0.2, 0.25) is 5.91 Å². The number of aliphatic hydroxyl groups is 1. The smallest absolute Gasteiger partial charge is 0.308 e. The molecule has 0 aromatic heterocycles. The molecule has 3 atom stereocenters. The zero-order chi connectivity index (χ0) is 29.4. The molecular formula is C31H33N3O6S. The van der Waals surface area contributed by atoms with E-state index in [1.54, 1.807) is 25.1 Å². The first-order valence-corrected chi connectivity index (χ1v) is 14.4. The summed E-state index contributed by atoms with van der Waals surface area (Å²) in [5.74, 6) is -1.09. The summed E-state index contributed by atoms with van der Waals surface area (Å²) in [7, 11) is 0. The van der Waals surface area contributed by atoms with Gasteiger partial charge in [0.25, 0.3) is 11.8 Å². The Morgan fingerprint density at radius 1 is 0.976 bits per heavy atom. The van der Waals surface area contributed by atoms with E-state index in [0.717, 1.165) is 11.1 Å². The molecule has 3 aromatic carbocycles. The molecule has 1 aliphatic rings. The second-order valence-electron chi connectivity index (χ2n) is 9.76. The molecule has 10 heteroatoms. The van der Waals surface area contributed by atoms with Crippen LogP contribution in [-0.2, 0) is 27.3 Å². The lowest BCUT2D eigenvalue weighted by atomic mass is 9.98. The first-order valence-electron chi connectivity index (χ1n) is 13.3. The summed E-state index contributed by atoms with van der Waals surface area (Å²) < 4.78 is 5.20. The number of nitrogens with one attached hydrogen (secondary N) is 2. The monoisotopic (exact) mass is 575 g/mol. The zero-order valence-corrected chi connectivity index (χ0v) is 23.7. The van der Waals surface area contributed by atoms with E-state index < -0.39 is 36.0 Å². The summed E-state index contributed by atoms with van der Waals surface area (Å²) in [6.07, 6.45) is -1.44. The number of benzene rings is 3. The third-order valence-electron chi connectivity index (χ3n) is 6.81. The Labute approximate surface area is 243 Å². The van der Waals surface area contributed by atoms with Gasteiger partial charge in [-0.15, -0.1) is 11.8 Å². The van der Waals surface area contributed by atoms with E-state index in [4.69, 9.17) is 4.74 Å². The van der Waals surface area contributed by atoms with Gasteiger partial charge in [-0.3, -0.25) is 19.2 Å². The molecule has 0 aliphatic carbocycles. The normalized spacial score (nSPS) is 16.0. The van der Waals surface area contributed by atoms with Crippen molar-refractivity contribution >= 4 is 35.5 Å². The lowest BCUT2D eigenvalue weighted by molar-refractivity contribution is -0.146. The summed E-state index contributed by atoms with van der Waals surface area (Å²) in [6.45, 7) is 3.25. The van der Waals surface area contributed by atoms with E-state index in [1.165, 1.54) is 23.6 Å². The highest BCUT2D eigenvalue weighted by molar-refractivity contribution is 7.99. The van der Waals surface area contributed by atoms with Crippen LogP contribution in [0.5, 0.6) is 5.75 Å². The highest BCUT2D eigenvalue weighted by atomic mass is 32.2. The molecule has 0 saturated carbocycles. The van der Waals surface area contributed by atoms with Gasteiger partial charge in [0, 0.05) is 30.3 Å². The highest BCUT2D eigenvalue weighted by Gasteiger charge is 2.40. The maximum Gasteiger partial charge on any atom is 0.308 e. The topological polar surface area (TPSA) is 125 Å². The second kappa shape index (κ2) is 14.0. The van der Waals surface area contributed by atoms with Crippen LogP contribution in [0, 0.1) is 6.92 Å². The third-order valence-corrected chi connectivity index (χ3v) is 7.82. The van der Waals surface area contributed by atoms with Gasteiger partial charge in [-0.2, -0.15) is 0 Å². The van der Waals surface area contributed by atoms with Gasteiger partial charge in [-0.05, 0) is 36.6 Å². The molecule has 3 N–H and O–H groups in total. The van der Waals surface area contributed by atoms with Gasteiger partial charge in [-0.1, -0.05) is 66.7 Å². The Morgan fingerprint density at radius 2 is 1.63 bits per heavy atom. The van der Waals surface area contributed by atoms with Crippen LogP contribution >= 0.6 is 11.8 Å². The Bertz CT molecular complexity index is 1390. The fourth-order valence-corrected chi connectivity index (χ4v) is 5.77. The van der Waals surface area contributed by atoms with Crippen LogP contribution in [0.25, 0.3) is 0 Å². The van der Waals surface area contributed by atoms with Crippen molar-refractivity contribution in [2.75, 3.05) is 11.6 Å². The number of carbonyl (C=O) groups is 4. The number of rotatable bonds is 10. The number of hydrogen-bond donors (Lipinski definition) is 3. The molecule has 1 fully saturated rings. The molecule has 0 unspecified atom stereocenters. The Balaban J connectivity index is 1.51. The van der Waals surface area contributed by atoms with E-state index in [-0.39, 0.29) is 29.5 Å². The molecule has 1 aliphatic heterocycles. The third kappa shape index (κ3) is 7.74. The van der Waals surface area contributed by atoms with Gasteiger partial charge < -0.3 is 25.4 Å². The molecule has 0 bridgehead atoms. The predicted octanol–water partition coefficient (Wildman–Crippen LogP) is 2.84. The van der Waals surface area contributed by atoms with Crippen LogP contribution in [0.4, 0.5) is 0 Å². The molecule has 41 heavy (non-hydrogen) atoms. The van der Waals surface area contributed by atoms with Crippen LogP contribution in [-0.4, -0.2) is 63.5 Å². The molecular weight excluding hydrogens is 542 g/mol. The van der Waals surface area contributed by atoms with Gasteiger partial charge in [-0.25, -0.2) is 0 Å². The van der Waals surface area contributed by atoms with E-state index in [0.29, 0.717) is 17.9 Å². The largest absolute Gasteiger partial charge is 0.426 e. The number of hydrogen-bond acceptors (Lipinski definition) is 7. The maximum absolute atomic E-state index is 13.6. The number of carbonyl (C=O) groups excluding carboxylic acids is 4. The predicted molar refractivity (Wildman–Crippen MR) is 156 cm³/mol. The molecule has 1 heterocycles. The molecule has 3 aromatic rings. The summed E-state index contributed by atoms with van der Waals surface area (Å²) in [5.41, 5.74) is 2.44. The SMILES string of the molecule is CC(=O)Oc1cccc(C(=O)N[C@@H](Cc2ccccc2)[C@H](O)C(=O)N2CSC[C@H]2C(=O)NCc2ccccc2)c1C. The minimum atomic E-state index is -1.61. The molecule has 4 rings (SSSR count). The highest BCUT2D eigenvalue weighted by Crippen LogP contribution is 2.25. The Kier molecular flexibility index (Phi) is 10.2.